The average Bonchev–Trinajstić information content (AvgIpc) is 1.88. The second-order valence-corrected chi connectivity index (χ2v) is 2.51. The molecule has 0 bridgehead atoms. The van der Waals surface area contributed by atoms with Crippen LogP contribution in [0.15, 0.2) is 24.4 Å². The Morgan fingerprint density at radius 3 is 2.70 bits per heavy atom. The van der Waals surface area contributed by atoms with Crippen LogP contribution >= 0.6 is 0 Å². The number of rotatable bonds is 2. The van der Waals surface area contributed by atoms with Gasteiger partial charge in [-0.15, -0.1) is 0 Å². The highest BCUT2D eigenvalue weighted by atomic mass is 15.0. The maximum Gasteiger partial charge on any atom is 0.126 e. The standard InChI is InChI=1S/C8H12N2/c1-7(2)10-8-5-3-4-6-9-8/h3-7H,1-2H3,(H,9,10). The fraction of sp³-hybridized carbons (Fsp3) is 0.375. The molecule has 54 valence electrons. The van der Waals surface area contributed by atoms with Crippen molar-refractivity contribution < 1.29 is 0 Å². The van der Waals surface area contributed by atoms with Crippen LogP contribution in [0.1, 0.15) is 13.8 Å². The van der Waals surface area contributed by atoms with E-state index in [1.807, 2.05) is 18.2 Å². The summed E-state index contributed by atoms with van der Waals surface area (Å²) in [6.07, 6.45) is 1.78. The zero-order valence-electron chi connectivity index (χ0n) is 6.33. The molecule has 0 aliphatic carbocycles. The predicted molar refractivity (Wildman–Crippen MR) is 43.0 cm³/mol. The Morgan fingerprint density at radius 1 is 1.40 bits per heavy atom. The van der Waals surface area contributed by atoms with Gasteiger partial charge in [0.05, 0.1) is 0 Å². The molecule has 0 aromatic carbocycles. The van der Waals surface area contributed by atoms with Gasteiger partial charge in [-0.3, -0.25) is 0 Å². The summed E-state index contributed by atoms with van der Waals surface area (Å²) in [6.45, 7) is 4.18. The first-order chi connectivity index (χ1) is 4.79. The van der Waals surface area contributed by atoms with E-state index in [2.05, 4.69) is 24.1 Å². The Labute approximate surface area is 61.3 Å². The first kappa shape index (κ1) is 7.06. The smallest absolute Gasteiger partial charge is 0.126 e. The molecule has 0 saturated carbocycles. The second-order valence-electron chi connectivity index (χ2n) is 2.51. The third-order valence-electron chi connectivity index (χ3n) is 1.10. The molecule has 0 atom stereocenters. The lowest BCUT2D eigenvalue weighted by molar-refractivity contribution is 0.889. The van der Waals surface area contributed by atoms with Gasteiger partial charge in [-0.1, -0.05) is 6.07 Å². The van der Waals surface area contributed by atoms with Crippen molar-refractivity contribution in [3.8, 4) is 0 Å². The van der Waals surface area contributed by atoms with E-state index in [-0.39, 0.29) is 0 Å². The van der Waals surface area contributed by atoms with Gasteiger partial charge in [-0.2, -0.15) is 0 Å². The van der Waals surface area contributed by atoms with Crippen molar-refractivity contribution in [1.82, 2.24) is 4.98 Å². The predicted octanol–water partition coefficient (Wildman–Crippen LogP) is 1.90. The Morgan fingerprint density at radius 2 is 2.20 bits per heavy atom. The first-order valence-corrected chi connectivity index (χ1v) is 3.46. The quantitative estimate of drug-likeness (QED) is 0.671. The van der Waals surface area contributed by atoms with Crippen molar-refractivity contribution in [2.24, 2.45) is 0 Å². The van der Waals surface area contributed by atoms with Crippen molar-refractivity contribution in [2.75, 3.05) is 5.32 Å². The molecule has 0 fully saturated rings. The minimum Gasteiger partial charge on any atom is -0.368 e. The van der Waals surface area contributed by atoms with E-state index in [4.69, 9.17) is 0 Å². The van der Waals surface area contributed by atoms with Crippen LogP contribution in [0.25, 0.3) is 0 Å². The van der Waals surface area contributed by atoms with Crippen LogP contribution in [0.2, 0.25) is 0 Å². The van der Waals surface area contributed by atoms with Crippen LogP contribution in [0, 0.1) is 0 Å². The molecule has 2 nitrogen and oxygen atoms in total. The van der Waals surface area contributed by atoms with Crippen molar-refractivity contribution in [1.29, 1.82) is 0 Å². The highest BCUT2D eigenvalue weighted by Gasteiger charge is 1.91. The maximum atomic E-state index is 4.11. The van der Waals surface area contributed by atoms with E-state index in [0.717, 1.165) is 5.82 Å². The number of hydrogen-bond acceptors (Lipinski definition) is 2. The number of pyridine rings is 1. The van der Waals surface area contributed by atoms with Gasteiger partial charge >= 0.3 is 0 Å². The maximum absolute atomic E-state index is 4.11. The summed E-state index contributed by atoms with van der Waals surface area (Å²) >= 11 is 0. The summed E-state index contributed by atoms with van der Waals surface area (Å²) in [5.74, 6) is 0.942. The number of nitrogens with zero attached hydrogens (tertiary/aromatic N) is 1. The summed E-state index contributed by atoms with van der Waals surface area (Å²) in [5.41, 5.74) is 0. The zero-order chi connectivity index (χ0) is 7.40. The molecular weight excluding hydrogens is 124 g/mol. The molecule has 0 amide bonds. The van der Waals surface area contributed by atoms with Gasteiger partial charge in [0.15, 0.2) is 0 Å². The summed E-state index contributed by atoms with van der Waals surface area (Å²) in [5, 5.41) is 3.19. The van der Waals surface area contributed by atoms with Crippen LogP contribution in [0.5, 0.6) is 0 Å². The first-order valence-electron chi connectivity index (χ1n) is 3.46. The van der Waals surface area contributed by atoms with E-state index in [1.54, 1.807) is 6.20 Å². The van der Waals surface area contributed by atoms with Crippen LogP contribution < -0.4 is 5.32 Å². The van der Waals surface area contributed by atoms with Gasteiger partial charge in [0, 0.05) is 12.2 Å². The number of anilines is 1. The van der Waals surface area contributed by atoms with Gasteiger partial charge < -0.3 is 5.32 Å². The summed E-state index contributed by atoms with van der Waals surface area (Å²) in [6, 6.07) is 6.29. The Balaban J connectivity index is 2.59. The van der Waals surface area contributed by atoms with Gasteiger partial charge in [-0.05, 0) is 26.0 Å². The lowest BCUT2D eigenvalue weighted by Gasteiger charge is -2.06. The third-order valence-corrected chi connectivity index (χ3v) is 1.10. The van der Waals surface area contributed by atoms with Crippen LogP contribution in [-0.4, -0.2) is 11.0 Å². The number of hydrogen-bond donors (Lipinski definition) is 1. The van der Waals surface area contributed by atoms with Crippen molar-refractivity contribution in [3.63, 3.8) is 0 Å². The fourth-order valence-electron chi connectivity index (χ4n) is 0.744. The monoisotopic (exact) mass is 136 g/mol. The topological polar surface area (TPSA) is 24.9 Å². The largest absolute Gasteiger partial charge is 0.368 e. The lowest BCUT2D eigenvalue weighted by atomic mass is 10.4. The number of nitrogens with one attached hydrogen (secondary N) is 1. The number of aromatic nitrogens is 1. The summed E-state index contributed by atoms with van der Waals surface area (Å²) in [7, 11) is 0. The summed E-state index contributed by atoms with van der Waals surface area (Å²) in [4.78, 5) is 4.11. The van der Waals surface area contributed by atoms with Gasteiger partial charge in [-0.25, -0.2) is 4.98 Å². The molecule has 1 aromatic rings. The van der Waals surface area contributed by atoms with Crippen LogP contribution in [0.4, 0.5) is 5.82 Å². The van der Waals surface area contributed by atoms with Crippen molar-refractivity contribution in [3.05, 3.63) is 24.4 Å². The molecule has 0 spiro atoms. The fourth-order valence-corrected chi connectivity index (χ4v) is 0.744. The van der Waals surface area contributed by atoms with Gasteiger partial charge in [0.1, 0.15) is 5.82 Å². The molecule has 0 saturated heterocycles. The molecule has 1 rings (SSSR count). The summed E-state index contributed by atoms with van der Waals surface area (Å²) < 4.78 is 0. The van der Waals surface area contributed by atoms with E-state index in [1.165, 1.54) is 0 Å². The van der Waals surface area contributed by atoms with Gasteiger partial charge in [0.2, 0.25) is 0 Å². The highest BCUT2D eigenvalue weighted by molar-refractivity contribution is 5.33. The van der Waals surface area contributed by atoms with E-state index in [0.29, 0.717) is 6.04 Å². The normalized spacial score (nSPS) is 9.90. The van der Waals surface area contributed by atoms with Crippen LogP contribution in [0.3, 0.4) is 0 Å². The zero-order valence-corrected chi connectivity index (χ0v) is 6.33. The SMILES string of the molecule is CC(C)Nc1ccccn1. The molecule has 10 heavy (non-hydrogen) atoms. The molecule has 1 N–H and O–H groups in total. The van der Waals surface area contributed by atoms with E-state index < -0.39 is 0 Å². The molecule has 1 heterocycles. The Kier molecular flexibility index (Phi) is 2.26. The Hall–Kier alpha value is -1.05. The molecule has 0 radical (unpaired) electrons. The molecule has 0 aliphatic heterocycles. The minimum atomic E-state index is 0.454. The van der Waals surface area contributed by atoms with Crippen molar-refractivity contribution in [2.45, 2.75) is 19.9 Å². The molecule has 0 unspecified atom stereocenters. The van der Waals surface area contributed by atoms with Crippen molar-refractivity contribution >= 4 is 5.82 Å². The average molecular weight is 136 g/mol. The van der Waals surface area contributed by atoms with E-state index in [9.17, 15) is 0 Å². The molecular formula is C8H12N2. The highest BCUT2D eigenvalue weighted by Crippen LogP contribution is 2.00. The lowest BCUT2D eigenvalue weighted by Crippen LogP contribution is -2.10. The van der Waals surface area contributed by atoms with Crippen LogP contribution in [-0.2, 0) is 0 Å². The molecule has 0 aliphatic rings. The minimum absolute atomic E-state index is 0.454. The molecule has 1 aromatic heterocycles. The third kappa shape index (κ3) is 2.05. The second kappa shape index (κ2) is 3.20. The molecule has 2 heteroatoms. The Bertz CT molecular complexity index is 182. The van der Waals surface area contributed by atoms with Gasteiger partial charge in [0.25, 0.3) is 0 Å². The van der Waals surface area contributed by atoms with E-state index >= 15 is 0 Å².